The van der Waals surface area contributed by atoms with Crippen molar-refractivity contribution in [1.29, 1.82) is 0 Å². The van der Waals surface area contributed by atoms with Gasteiger partial charge in [-0.25, -0.2) is 0 Å². The van der Waals surface area contributed by atoms with Crippen LogP contribution in [0.4, 0.5) is 0 Å². The Kier molecular flexibility index (Phi) is 29.2. The normalized spacial score (nSPS) is 12.2. The Morgan fingerprint density at radius 3 is 1.06 bits per heavy atom. The van der Waals surface area contributed by atoms with E-state index < -0.39 is 0 Å². The Labute approximate surface area is 221 Å². The fraction of sp³-hybridized carbons (Fsp3) is 0.969. The maximum absolute atomic E-state index is 11.8. The summed E-state index contributed by atoms with van der Waals surface area (Å²) < 4.78 is 0. The summed E-state index contributed by atoms with van der Waals surface area (Å²) in [7, 11) is 0. The van der Waals surface area contributed by atoms with E-state index in [1.54, 1.807) is 0 Å². The second-order valence-electron chi connectivity index (χ2n) is 11.1. The summed E-state index contributed by atoms with van der Waals surface area (Å²) in [6.45, 7) is 4.33. The van der Waals surface area contributed by atoms with Gasteiger partial charge in [-0.15, -0.1) is 0 Å². The van der Waals surface area contributed by atoms with E-state index >= 15 is 0 Å². The highest BCUT2D eigenvalue weighted by molar-refractivity contribution is 5.76. The van der Waals surface area contributed by atoms with Crippen LogP contribution in [-0.4, -0.2) is 23.7 Å². The predicted octanol–water partition coefficient (Wildman–Crippen LogP) is 10.0. The molecule has 210 valence electrons. The Balaban J connectivity index is 3.12. The van der Waals surface area contributed by atoms with Crippen LogP contribution in [0.5, 0.6) is 0 Å². The summed E-state index contributed by atoms with van der Waals surface area (Å²) in [6.07, 6.45) is 36.3. The fourth-order valence-electron chi connectivity index (χ4n) is 5.00. The van der Waals surface area contributed by atoms with Gasteiger partial charge in [-0.1, -0.05) is 168 Å². The third-order valence-corrected chi connectivity index (χ3v) is 7.59. The molecule has 0 aliphatic carbocycles. The van der Waals surface area contributed by atoms with Gasteiger partial charge in [0.05, 0.1) is 12.6 Å². The Morgan fingerprint density at radius 1 is 0.514 bits per heavy atom. The number of rotatable bonds is 29. The second-order valence-corrected chi connectivity index (χ2v) is 11.1. The Hall–Kier alpha value is -0.570. The van der Waals surface area contributed by atoms with Gasteiger partial charge in [-0.2, -0.15) is 0 Å². The van der Waals surface area contributed by atoms with Crippen LogP contribution in [0, 0.1) is 0 Å². The molecule has 0 bridgehead atoms. The van der Waals surface area contributed by atoms with Crippen molar-refractivity contribution in [2.75, 3.05) is 6.61 Å². The molecule has 0 fully saturated rings. The summed E-state index contributed by atoms with van der Waals surface area (Å²) in [4.78, 5) is 11.8. The van der Waals surface area contributed by atoms with E-state index in [0.717, 1.165) is 19.3 Å². The molecular formula is C32H65NO2. The molecule has 0 aromatic carbocycles. The van der Waals surface area contributed by atoms with Crippen LogP contribution < -0.4 is 5.32 Å². The van der Waals surface area contributed by atoms with E-state index in [4.69, 9.17) is 5.11 Å². The minimum Gasteiger partial charge on any atom is -0.394 e. The van der Waals surface area contributed by atoms with Crippen molar-refractivity contribution in [2.45, 2.75) is 193 Å². The second kappa shape index (κ2) is 29.7. The largest absolute Gasteiger partial charge is 0.394 e. The van der Waals surface area contributed by atoms with Gasteiger partial charge in [0.2, 0.25) is 5.91 Å². The van der Waals surface area contributed by atoms with E-state index in [-0.39, 0.29) is 18.6 Å². The SMILES string of the molecule is CCCCCCCCCCCCCCCCCCCCCCCCCCCC(=O)NC(CC)CO. The number of amides is 1. The van der Waals surface area contributed by atoms with Crippen molar-refractivity contribution in [3.8, 4) is 0 Å². The average Bonchev–Trinajstić information content (AvgIpc) is 2.87. The first-order chi connectivity index (χ1) is 17.2. The van der Waals surface area contributed by atoms with Crippen molar-refractivity contribution in [3.63, 3.8) is 0 Å². The monoisotopic (exact) mass is 496 g/mol. The van der Waals surface area contributed by atoms with Crippen molar-refractivity contribution in [3.05, 3.63) is 0 Å². The van der Waals surface area contributed by atoms with E-state index in [9.17, 15) is 4.79 Å². The maximum atomic E-state index is 11.8. The zero-order valence-corrected chi connectivity index (χ0v) is 24.2. The average molecular weight is 496 g/mol. The van der Waals surface area contributed by atoms with Gasteiger partial charge in [-0.3, -0.25) is 4.79 Å². The quantitative estimate of drug-likeness (QED) is 0.101. The standard InChI is InChI=1S/C32H65NO2/c1-3-5-6-7-8-9-10-11-12-13-14-15-16-17-18-19-20-21-22-23-24-25-26-27-28-29-32(35)33-31(4-2)30-34/h31,34H,3-30H2,1-2H3,(H,33,35). The molecule has 3 nitrogen and oxygen atoms in total. The van der Waals surface area contributed by atoms with Gasteiger partial charge in [0.25, 0.3) is 0 Å². The molecule has 2 N–H and O–H groups in total. The Bertz CT molecular complexity index is 408. The highest BCUT2D eigenvalue weighted by atomic mass is 16.3. The lowest BCUT2D eigenvalue weighted by Gasteiger charge is -2.13. The molecular weight excluding hydrogens is 430 g/mol. The minimum atomic E-state index is -0.0679. The highest BCUT2D eigenvalue weighted by Gasteiger charge is 2.08. The molecule has 1 atom stereocenters. The van der Waals surface area contributed by atoms with Crippen LogP contribution in [-0.2, 0) is 4.79 Å². The molecule has 0 rings (SSSR count). The third-order valence-electron chi connectivity index (χ3n) is 7.59. The molecule has 0 aromatic rings. The van der Waals surface area contributed by atoms with Crippen molar-refractivity contribution in [1.82, 2.24) is 5.32 Å². The zero-order chi connectivity index (χ0) is 25.7. The maximum Gasteiger partial charge on any atom is 0.220 e. The number of carbonyl (C=O) groups excluding carboxylic acids is 1. The van der Waals surface area contributed by atoms with Crippen LogP contribution in [0.2, 0.25) is 0 Å². The van der Waals surface area contributed by atoms with Crippen LogP contribution in [0.15, 0.2) is 0 Å². The van der Waals surface area contributed by atoms with Gasteiger partial charge >= 0.3 is 0 Å². The van der Waals surface area contributed by atoms with Gasteiger partial charge in [-0.05, 0) is 12.8 Å². The number of aliphatic hydroxyl groups is 1. The molecule has 1 unspecified atom stereocenters. The van der Waals surface area contributed by atoms with Crippen LogP contribution in [0.1, 0.15) is 187 Å². The highest BCUT2D eigenvalue weighted by Crippen LogP contribution is 2.16. The molecule has 35 heavy (non-hydrogen) atoms. The Morgan fingerprint density at radius 2 is 0.800 bits per heavy atom. The summed E-state index contributed by atoms with van der Waals surface area (Å²) >= 11 is 0. The topological polar surface area (TPSA) is 49.3 Å². The lowest BCUT2D eigenvalue weighted by Crippen LogP contribution is -2.36. The first-order valence-electron chi connectivity index (χ1n) is 16.1. The van der Waals surface area contributed by atoms with E-state index in [1.165, 1.54) is 148 Å². The van der Waals surface area contributed by atoms with Gasteiger partial charge in [0.1, 0.15) is 0 Å². The number of hydrogen-bond donors (Lipinski definition) is 2. The molecule has 0 spiro atoms. The molecule has 0 heterocycles. The van der Waals surface area contributed by atoms with Crippen LogP contribution in [0.3, 0.4) is 0 Å². The minimum absolute atomic E-state index is 0.0434. The summed E-state index contributed by atoms with van der Waals surface area (Å²) in [6, 6.07) is -0.0679. The number of hydrogen-bond acceptors (Lipinski definition) is 2. The van der Waals surface area contributed by atoms with E-state index in [2.05, 4.69) is 12.2 Å². The van der Waals surface area contributed by atoms with E-state index in [0.29, 0.717) is 6.42 Å². The number of nitrogens with one attached hydrogen (secondary N) is 1. The fourth-order valence-corrected chi connectivity index (χ4v) is 5.00. The molecule has 0 radical (unpaired) electrons. The molecule has 0 aliphatic heterocycles. The molecule has 3 heteroatoms. The van der Waals surface area contributed by atoms with Crippen molar-refractivity contribution >= 4 is 5.91 Å². The predicted molar refractivity (Wildman–Crippen MR) is 155 cm³/mol. The lowest BCUT2D eigenvalue weighted by atomic mass is 10.0. The molecule has 1 amide bonds. The van der Waals surface area contributed by atoms with E-state index in [1.807, 2.05) is 6.92 Å². The summed E-state index contributed by atoms with van der Waals surface area (Å²) in [5.74, 6) is 0.0972. The molecule has 0 saturated heterocycles. The van der Waals surface area contributed by atoms with Crippen LogP contribution in [0.25, 0.3) is 0 Å². The van der Waals surface area contributed by atoms with Crippen molar-refractivity contribution in [2.24, 2.45) is 0 Å². The zero-order valence-electron chi connectivity index (χ0n) is 24.2. The number of unbranched alkanes of at least 4 members (excludes halogenated alkanes) is 24. The first kappa shape index (κ1) is 34.4. The lowest BCUT2D eigenvalue weighted by molar-refractivity contribution is -0.122. The smallest absolute Gasteiger partial charge is 0.220 e. The first-order valence-corrected chi connectivity index (χ1v) is 16.1. The third kappa shape index (κ3) is 27.9. The van der Waals surface area contributed by atoms with Crippen LogP contribution >= 0.6 is 0 Å². The van der Waals surface area contributed by atoms with Gasteiger partial charge in [0.15, 0.2) is 0 Å². The molecule has 0 aliphatic rings. The molecule has 0 aromatic heterocycles. The number of aliphatic hydroxyl groups excluding tert-OH is 1. The van der Waals surface area contributed by atoms with Crippen molar-refractivity contribution < 1.29 is 9.90 Å². The van der Waals surface area contributed by atoms with Gasteiger partial charge in [0, 0.05) is 6.42 Å². The molecule has 0 saturated carbocycles. The number of carbonyl (C=O) groups is 1. The summed E-state index contributed by atoms with van der Waals surface area (Å²) in [5, 5.41) is 12.0. The van der Waals surface area contributed by atoms with Gasteiger partial charge < -0.3 is 10.4 Å². The summed E-state index contributed by atoms with van der Waals surface area (Å²) in [5.41, 5.74) is 0.